The van der Waals surface area contributed by atoms with E-state index in [0.717, 1.165) is 0 Å². The third-order valence-corrected chi connectivity index (χ3v) is 4.60. The molecule has 29 heavy (non-hydrogen) atoms. The number of carbonyl (C=O) groups excluding carboxylic acids is 3. The average molecular weight is 435 g/mol. The summed E-state index contributed by atoms with van der Waals surface area (Å²) in [6.45, 7) is 4.51. The fraction of sp³-hybridized carbons (Fsp3) is 0.706. The second kappa shape index (κ2) is 13.0. The number of carboxylic acid groups (broad SMARTS) is 2. The second-order valence-corrected chi connectivity index (χ2v) is 7.83. The van der Waals surface area contributed by atoms with Crippen LogP contribution in [0.1, 0.15) is 33.6 Å². The fourth-order valence-electron chi connectivity index (χ4n) is 2.19. The van der Waals surface area contributed by atoms with E-state index in [1.165, 1.54) is 18.7 Å². The molecule has 166 valence electrons. The van der Waals surface area contributed by atoms with Gasteiger partial charge in [0.1, 0.15) is 18.1 Å². The quantitative estimate of drug-likeness (QED) is 0.206. The van der Waals surface area contributed by atoms with Gasteiger partial charge < -0.3 is 31.9 Å². The maximum Gasteiger partial charge on any atom is 0.325 e. The molecular weight excluding hydrogens is 404 g/mol. The van der Waals surface area contributed by atoms with E-state index < -0.39 is 66.2 Å². The summed E-state index contributed by atoms with van der Waals surface area (Å²) < 4.78 is 0. The molecule has 0 bridgehead atoms. The van der Waals surface area contributed by atoms with Gasteiger partial charge in [0.05, 0.1) is 12.5 Å². The minimum Gasteiger partial charge on any atom is -0.481 e. The number of hydrogen-bond donors (Lipinski definition) is 6. The van der Waals surface area contributed by atoms with Gasteiger partial charge in [-0.3, -0.25) is 24.0 Å². The molecule has 0 aliphatic carbocycles. The summed E-state index contributed by atoms with van der Waals surface area (Å²) in [5.41, 5.74) is 5.74. The highest BCUT2D eigenvalue weighted by Crippen LogP contribution is 2.05. The van der Waals surface area contributed by atoms with E-state index in [4.69, 9.17) is 15.9 Å². The fourth-order valence-corrected chi connectivity index (χ4v) is 2.68. The number of nitrogens with two attached hydrogens (primary N) is 1. The molecule has 0 spiro atoms. The van der Waals surface area contributed by atoms with Crippen molar-refractivity contribution in [2.24, 2.45) is 11.7 Å². The van der Waals surface area contributed by atoms with Crippen molar-refractivity contribution in [3.05, 3.63) is 0 Å². The minimum absolute atomic E-state index is 0.346. The summed E-state index contributed by atoms with van der Waals surface area (Å²) >= 11 is 1.49. The van der Waals surface area contributed by atoms with Gasteiger partial charge in [-0.15, -0.1) is 0 Å². The Morgan fingerprint density at radius 2 is 1.52 bits per heavy atom. The SMILES string of the molecule is CSCCC(N)C(=O)NC(CC(=O)O)C(=O)NC(C(=O)NC(C)C(=O)O)C(C)C. The molecule has 4 atom stereocenters. The van der Waals surface area contributed by atoms with Gasteiger partial charge in [0, 0.05) is 0 Å². The monoisotopic (exact) mass is 434 g/mol. The molecule has 7 N–H and O–H groups in total. The lowest BCUT2D eigenvalue weighted by Crippen LogP contribution is -2.58. The smallest absolute Gasteiger partial charge is 0.325 e. The van der Waals surface area contributed by atoms with Crippen LogP contribution in [0.2, 0.25) is 0 Å². The summed E-state index contributed by atoms with van der Waals surface area (Å²) in [4.78, 5) is 59.0. The van der Waals surface area contributed by atoms with Crippen molar-refractivity contribution in [2.75, 3.05) is 12.0 Å². The van der Waals surface area contributed by atoms with Crippen molar-refractivity contribution in [1.82, 2.24) is 16.0 Å². The molecule has 0 aromatic carbocycles. The molecule has 0 aliphatic rings. The Kier molecular flexibility index (Phi) is 11.9. The largest absolute Gasteiger partial charge is 0.481 e. The van der Waals surface area contributed by atoms with Crippen molar-refractivity contribution < 1.29 is 34.2 Å². The second-order valence-electron chi connectivity index (χ2n) is 6.85. The lowest BCUT2D eigenvalue weighted by atomic mass is 10.0. The topological polar surface area (TPSA) is 188 Å². The minimum atomic E-state index is -1.44. The van der Waals surface area contributed by atoms with Gasteiger partial charge in [0.2, 0.25) is 17.7 Å². The summed E-state index contributed by atoms with van der Waals surface area (Å²) in [6, 6.07) is -4.65. The number of amides is 3. The van der Waals surface area contributed by atoms with E-state index in [-0.39, 0.29) is 0 Å². The molecule has 0 saturated heterocycles. The number of carboxylic acids is 2. The number of hydrogen-bond acceptors (Lipinski definition) is 7. The molecule has 0 rings (SSSR count). The van der Waals surface area contributed by atoms with E-state index in [9.17, 15) is 24.0 Å². The Bertz CT molecular complexity index is 615. The van der Waals surface area contributed by atoms with Crippen LogP contribution >= 0.6 is 11.8 Å². The van der Waals surface area contributed by atoms with Crippen LogP contribution in [0.3, 0.4) is 0 Å². The molecule has 0 saturated carbocycles. The molecule has 4 unspecified atom stereocenters. The first-order chi connectivity index (χ1) is 13.4. The molecule has 12 heteroatoms. The predicted octanol–water partition coefficient (Wildman–Crippen LogP) is -1.24. The lowest BCUT2D eigenvalue weighted by molar-refractivity contribution is -0.143. The summed E-state index contributed by atoms with van der Waals surface area (Å²) in [6.07, 6.45) is 1.48. The molecule has 0 heterocycles. The summed E-state index contributed by atoms with van der Waals surface area (Å²) in [7, 11) is 0. The number of rotatable bonds is 13. The Morgan fingerprint density at radius 1 is 0.931 bits per heavy atom. The van der Waals surface area contributed by atoms with Gasteiger partial charge >= 0.3 is 11.9 Å². The highest BCUT2D eigenvalue weighted by atomic mass is 32.2. The normalized spacial score (nSPS) is 15.0. The maximum absolute atomic E-state index is 12.6. The Balaban J connectivity index is 5.24. The molecule has 0 radical (unpaired) electrons. The first-order valence-electron chi connectivity index (χ1n) is 9.00. The summed E-state index contributed by atoms with van der Waals surface area (Å²) in [5, 5.41) is 24.9. The van der Waals surface area contributed by atoms with E-state index >= 15 is 0 Å². The van der Waals surface area contributed by atoms with Crippen LogP contribution in [0.15, 0.2) is 0 Å². The number of aliphatic carboxylic acids is 2. The lowest BCUT2D eigenvalue weighted by Gasteiger charge is -2.26. The number of nitrogens with one attached hydrogen (secondary N) is 3. The molecular formula is C17H30N4O7S. The van der Waals surface area contributed by atoms with Crippen LogP contribution in [0.5, 0.6) is 0 Å². The molecule has 0 fully saturated rings. The van der Waals surface area contributed by atoms with Gasteiger partial charge in [-0.2, -0.15) is 11.8 Å². The van der Waals surface area contributed by atoms with E-state index in [2.05, 4.69) is 16.0 Å². The van der Waals surface area contributed by atoms with Crippen LogP contribution in [0.4, 0.5) is 0 Å². The van der Waals surface area contributed by atoms with Crippen LogP contribution in [-0.2, 0) is 24.0 Å². The average Bonchev–Trinajstić information content (AvgIpc) is 2.62. The van der Waals surface area contributed by atoms with Crippen LogP contribution in [0, 0.1) is 5.92 Å². The standard InChI is InChI=1S/C17H30N4O7S/c1-8(2)13(16(26)19-9(3)17(27)28)21-15(25)11(7-12(22)23)20-14(24)10(18)5-6-29-4/h8-11,13H,5-7,18H2,1-4H3,(H,19,26)(H,20,24)(H,21,25)(H,22,23)(H,27,28). The highest BCUT2D eigenvalue weighted by molar-refractivity contribution is 7.98. The Hall–Kier alpha value is -2.34. The van der Waals surface area contributed by atoms with Crippen molar-refractivity contribution in [3.63, 3.8) is 0 Å². The van der Waals surface area contributed by atoms with Gasteiger partial charge in [-0.25, -0.2) is 0 Å². The van der Waals surface area contributed by atoms with Crippen molar-refractivity contribution in [3.8, 4) is 0 Å². The molecule has 11 nitrogen and oxygen atoms in total. The van der Waals surface area contributed by atoms with Crippen LogP contribution in [-0.4, -0.2) is 76.0 Å². The third-order valence-electron chi connectivity index (χ3n) is 3.96. The third kappa shape index (κ3) is 10.1. The van der Waals surface area contributed by atoms with Crippen LogP contribution in [0.25, 0.3) is 0 Å². The van der Waals surface area contributed by atoms with E-state index in [0.29, 0.717) is 12.2 Å². The Labute approximate surface area is 173 Å². The van der Waals surface area contributed by atoms with Crippen molar-refractivity contribution >= 4 is 41.4 Å². The zero-order valence-electron chi connectivity index (χ0n) is 16.9. The Morgan fingerprint density at radius 3 is 1.97 bits per heavy atom. The van der Waals surface area contributed by atoms with Gasteiger partial charge in [-0.1, -0.05) is 13.8 Å². The predicted molar refractivity (Wildman–Crippen MR) is 107 cm³/mol. The van der Waals surface area contributed by atoms with Crippen LogP contribution < -0.4 is 21.7 Å². The van der Waals surface area contributed by atoms with E-state index in [1.54, 1.807) is 13.8 Å². The van der Waals surface area contributed by atoms with Crippen molar-refractivity contribution in [2.45, 2.75) is 57.8 Å². The number of carbonyl (C=O) groups is 5. The zero-order valence-corrected chi connectivity index (χ0v) is 17.7. The maximum atomic E-state index is 12.6. The van der Waals surface area contributed by atoms with Crippen molar-refractivity contribution in [1.29, 1.82) is 0 Å². The molecule has 3 amide bonds. The van der Waals surface area contributed by atoms with E-state index in [1.807, 2.05) is 6.26 Å². The number of thioether (sulfide) groups is 1. The van der Waals surface area contributed by atoms with Gasteiger partial charge in [0.15, 0.2) is 0 Å². The highest BCUT2D eigenvalue weighted by Gasteiger charge is 2.32. The first-order valence-corrected chi connectivity index (χ1v) is 10.4. The first kappa shape index (κ1) is 26.7. The van der Waals surface area contributed by atoms with Gasteiger partial charge in [-0.05, 0) is 31.3 Å². The molecule has 0 aromatic rings. The zero-order chi connectivity index (χ0) is 22.7. The van der Waals surface area contributed by atoms with Gasteiger partial charge in [0.25, 0.3) is 0 Å². The molecule has 0 aliphatic heterocycles. The summed E-state index contributed by atoms with van der Waals surface area (Å²) in [5.74, 6) is -4.68. The molecule has 0 aromatic heterocycles.